The summed E-state index contributed by atoms with van der Waals surface area (Å²) in [6.07, 6.45) is 2.46. The second kappa shape index (κ2) is 11.0. The van der Waals surface area contributed by atoms with Crippen LogP contribution in [-0.4, -0.2) is 40.7 Å². The first-order valence-corrected chi connectivity index (χ1v) is 12.2. The van der Waals surface area contributed by atoms with Crippen molar-refractivity contribution in [2.45, 2.75) is 25.3 Å². The predicted octanol–water partition coefficient (Wildman–Crippen LogP) is 2.94. The number of fused-ring (bicyclic) bond motifs is 1. The topological polar surface area (TPSA) is 144 Å². The molecule has 0 saturated heterocycles. The number of benzene rings is 3. The van der Waals surface area contributed by atoms with Gasteiger partial charge in [0, 0.05) is 30.1 Å². The number of hydrogen-bond donors (Lipinski definition) is 4. The highest BCUT2D eigenvalue weighted by Gasteiger charge is 2.48. The summed E-state index contributed by atoms with van der Waals surface area (Å²) in [5.41, 5.74) is 19.9. The van der Waals surface area contributed by atoms with Crippen LogP contribution >= 0.6 is 0 Å². The van der Waals surface area contributed by atoms with E-state index in [-0.39, 0.29) is 31.4 Å². The number of nitrogens with zero attached hydrogens (tertiary/aromatic N) is 2. The fraction of sp³-hybridized carbons (Fsp3) is 0.207. The van der Waals surface area contributed by atoms with Crippen LogP contribution < -0.4 is 17.2 Å². The van der Waals surface area contributed by atoms with Crippen molar-refractivity contribution in [3.05, 3.63) is 107 Å². The second-order valence-electron chi connectivity index (χ2n) is 8.97. The molecule has 0 radical (unpaired) electrons. The molecular weight excluding hydrogens is 464 g/mol. The van der Waals surface area contributed by atoms with Crippen LogP contribution in [0.1, 0.15) is 28.7 Å². The van der Waals surface area contributed by atoms with Crippen molar-refractivity contribution in [1.29, 1.82) is 0 Å². The highest BCUT2D eigenvalue weighted by atomic mass is 16.2. The van der Waals surface area contributed by atoms with E-state index in [1.807, 2.05) is 92.0 Å². The third-order valence-corrected chi connectivity index (χ3v) is 6.69. The summed E-state index contributed by atoms with van der Waals surface area (Å²) in [7, 11) is 0. The predicted molar refractivity (Wildman–Crippen MR) is 147 cm³/mol. The first kappa shape index (κ1) is 25.5. The van der Waals surface area contributed by atoms with Crippen LogP contribution in [0.15, 0.2) is 90.1 Å². The van der Waals surface area contributed by atoms with Crippen LogP contribution in [0, 0.1) is 6.92 Å². The van der Waals surface area contributed by atoms with Gasteiger partial charge in [-0.15, -0.1) is 0 Å². The number of rotatable bonds is 10. The van der Waals surface area contributed by atoms with Crippen LogP contribution in [0.3, 0.4) is 0 Å². The first-order chi connectivity index (χ1) is 17.9. The number of para-hydroxylation sites is 1. The zero-order valence-electron chi connectivity index (χ0n) is 20.9. The summed E-state index contributed by atoms with van der Waals surface area (Å²) in [5.74, 6) is -1.01. The van der Waals surface area contributed by atoms with Crippen molar-refractivity contribution in [2.75, 3.05) is 13.1 Å². The maximum atomic E-state index is 13.9. The van der Waals surface area contributed by atoms with Gasteiger partial charge in [0.2, 0.25) is 5.91 Å². The zero-order chi connectivity index (χ0) is 26.4. The van der Waals surface area contributed by atoms with Crippen molar-refractivity contribution in [3.63, 3.8) is 0 Å². The number of carbonyl (C=O) groups excluding carboxylic acids is 2. The molecule has 1 aromatic heterocycles. The molecule has 8 nitrogen and oxygen atoms in total. The lowest BCUT2D eigenvalue weighted by atomic mass is 9.78. The largest absolute Gasteiger partial charge is 0.370 e. The fourth-order valence-corrected chi connectivity index (χ4v) is 4.99. The lowest BCUT2D eigenvalue weighted by Gasteiger charge is -2.43. The Balaban J connectivity index is 1.87. The molecule has 4 aromatic rings. The molecule has 0 bridgehead atoms. The second-order valence-corrected chi connectivity index (χ2v) is 8.97. The number of carbonyl (C=O) groups is 2. The Hall–Kier alpha value is -4.59. The van der Waals surface area contributed by atoms with Gasteiger partial charge in [0.25, 0.3) is 5.91 Å². The highest BCUT2D eigenvalue weighted by molar-refractivity contribution is 5.95. The molecule has 7 N–H and O–H groups in total. The van der Waals surface area contributed by atoms with Crippen molar-refractivity contribution in [3.8, 4) is 0 Å². The Kier molecular flexibility index (Phi) is 7.57. The number of amides is 2. The number of aryl methyl sites for hydroxylation is 1. The number of nitrogens with one attached hydrogen (secondary N) is 1. The molecule has 0 spiro atoms. The number of hydrogen-bond acceptors (Lipinski definition) is 3. The third kappa shape index (κ3) is 5.04. The average molecular weight is 497 g/mol. The van der Waals surface area contributed by atoms with E-state index in [0.717, 1.165) is 22.0 Å². The normalized spacial score (nSPS) is 12.6. The van der Waals surface area contributed by atoms with Gasteiger partial charge < -0.3 is 27.1 Å². The number of aromatic nitrogens is 1. The summed E-state index contributed by atoms with van der Waals surface area (Å²) in [4.78, 5) is 36.4. The van der Waals surface area contributed by atoms with Crippen LogP contribution in [0.2, 0.25) is 0 Å². The number of aromatic amines is 1. The van der Waals surface area contributed by atoms with E-state index in [1.54, 1.807) is 4.90 Å². The van der Waals surface area contributed by atoms with E-state index < -0.39 is 11.4 Å². The van der Waals surface area contributed by atoms with Gasteiger partial charge in [-0.1, -0.05) is 72.8 Å². The van der Waals surface area contributed by atoms with Crippen LogP contribution in [-0.2, 0) is 21.5 Å². The van der Waals surface area contributed by atoms with Gasteiger partial charge in [-0.3, -0.25) is 14.6 Å². The molecule has 1 unspecified atom stereocenters. The fourth-order valence-electron chi connectivity index (χ4n) is 4.99. The monoisotopic (exact) mass is 496 g/mol. The van der Waals surface area contributed by atoms with Crippen molar-refractivity contribution >= 4 is 28.7 Å². The standard InChI is InChI=1S/C29H32N6O2/c1-20-9-5-7-13-24(20)29(27(30)37,22-10-3-2-4-11-22)35(26(36)15-17-33-28(31)32)18-16-21-19-34-25-14-8-6-12-23(21)25/h2-14,19,34H,15-18H2,1H3,(H2,30,37)(H4,31,32,33). The Bertz CT molecular complexity index is 1420. The molecule has 37 heavy (non-hydrogen) atoms. The molecule has 2 amide bonds. The summed E-state index contributed by atoms with van der Waals surface area (Å²) < 4.78 is 0. The molecule has 1 atom stereocenters. The number of guanidine groups is 1. The number of aliphatic imine (C=N–C) groups is 1. The van der Waals surface area contributed by atoms with E-state index in [2.05, 4.69) is 9.98 Å². The van der Waals surface area contributed by atoms with Gasteiger partial charge >= 0.3 is 0 Å². The molecule has 8 heteroatoms. The van der Waals surface area contributed by atoms with E-state index in [4.69, 9.17) is 17.2 Å². The smallest absolute Gasteiger partial charge is 0.252 e. The Morgan fingerprint density at radius 3 is 2.30 bits per heavy atom. The highest BCUT2D eigenvalue weighted by Crippen LogP contribution is 2.39. The van der Waals surface area contributed by atoms with Gasteiger partial charge in [0.05, 0.1) is 6.54 Å². The zero-order valence-corrected chi connectivity index (χ0v) is 20.9. The minimum absolute atomic E-state index is 0.0134. The minimum Gasteiger partial charge on any atom is -0.370 e. The maximum Gasteiger partial charge on any atom is 0.252 e. The molecule has 0 aliphatic carbocycles. The third-order valence-electron chi connectivity index (χ3n) is 6.69. The summed E-state index contributed by atoms with van der Waals surface area (Å²) in [6.45, 7) is 2.26. The number of primary amides is 1. The molecule has 0 aliphatic rings. The lowest BCUT2D eigenvalue weighted by molar-refractivity contribution is -0.144. The molecule has 1 heterocycles. The van der Waals surface area contributed by atoms with E-state index >= 15 is 0 Å². The van der Waals surface area contributed by atoms with Gasteiger partial charge in [-0.05, 0) is 41.7 Å². The molecule has 3 aromatic carbocycles. The Labute approximate surface area is 216 Å². The average Bonchev–Trinajstić information content (AvgIpc) is 3.30. The lowest BCUT2D eigenvalue weighted by Crippen LogP contribution is -2.59. The molecule has 190 valence electrons. The van der Waals surface area contributed by atoms with Gasteiger partial charge in [0.1, 0.15) is 0 Å². The maximum absolute atomic E-state index is 13.9. The van der Waals surface area contributed by atoms with Crippen LogP contribution in [0.4, 0.5) is 0 Å². The quantitative estimate of drug-likeness (QED) is 0.198. The number of nitrogens with two attached hydrogens (primary N) is 3. The van der Waals surface area contributed by atoms with Gasteiger partial charge in [-0.25, -0.2) is 0 Å². The van der Waals surface area contributed by atoms with E-state index in [0.29, 0.717) is 17.5 Å². The van der Waals surface area contributed by atoms with E-state index in [9.17, 15) is 9.59 Å². The van der Waals surface area contributed by atoms with Crippen LogP contribution in [0.5, 0.6) is 0 Å². The summed E-state index contributed by atoms with van der Waals surface area (Å²) in [5, 5.41) is 1.07. The Morgan fingerprint density at radius 2 is 1.59 bits per heavy atom. The van der Waals surface area contributed by atoms with Crippen molar-refractivity contribution < 1.29 is 9.59 Å². The van der Waals surface area contributed by atoms with Gasteiger partial charge in [-0.2, -0.15) is 0 Å². The molecule has 0 fully saturated rings. The minimum atomic E-state index is -1.53. The molecular formula is C29H32N6O2. The summed E-state index contributed by atoms with van der Waals surface area (Å²) in [6, 6.07) is 24.7. The van der Waals surface area contributed by atoms with E-state index in [1.165, 1.54) is 0 Å². The Morgan fingerprint density at radius 1 is 0.919 bits per heavy atom. The van der Waals surface area contributed by atoms with Crippen molar-refractivity contribution in [2.24, 2.45) is 22.2 Å². The number of H-pyrrole nitrogens is 1. The summed E-state index contributed by atoms with van der Waals surface area (Å²) >= 11 is 0. The molecule has 0 saturated carbocycles. The molecule has 0 aliphatic heterocycles. The van der Waals surface area contributed by atoms with Crippen molar-refractivity contribution in [1.82, 2.24) is 9.88 Å². The molecule has 4 rings (SSSR count). The first-order valence-electron chi connectivity index (χ1n) is 12.2. The SMILES string of the molecule is Cc1ccccc1C(C(N)=O)(c1ccccc1)N(CCc1c[nH]c2ccccc12)C(=O)CCN=C(N)N. The van der Waals surface area contributed by atoms with Gasteiger partial charge in [0.15, 0.2) is 11.5 Å². The van der Waals surface area contributed by atoms with Crippen LogP contribution in [0.25, 0.3) is 10.9 Å².